The van der Waals surface area contributed by atoms with Gasteiger partial charge in [0.15, 0.2) is 5.65 Å². The van der Waals surface area contributed by atoms with Gasteiger partial charge in [-0.2, -0.15) is 9.61 Å². The molecule has 36 heavy (non-hydrogen) atoms. The molecule has 0 aliphatic rings. The van der Waals surface area contributed by atoms with Gasteiger partial charge in [0.1, 0.15) is 17.1 Å². The molecule has 3 aromatic heterocycles. The number of hydrogen-bond acceptors (Lipinski definition) is 6. The number of anilines is 1. The second-order valence-electron chi connectivity index (χ2n) is 8.29. The van der Waals surface area contributed by atoms with Crippen LogP contribution in [0.3, 0.4) is 0 Å². The molecule has 10 heteroatoms. The van der Waals surface area contributed by atoms with E-state index in [1.807, 2.05) is 54.6 Å². The number of carbonyl (C=O) groups is 1. The summed E-state index contributed by atoms with van der Waals surface area (Å²) in [4.78, 5) is 17.2. The highest BCUT2D eigenvalue weighted by Crippen LogP contribution is 2.30. The summed E-state index contributed by atoms with van der Waals surface area (Å²) in [7, 11) is 0. The third-order valence-corrected chi connectivity index (χ3v) is 6.68. The fourth-order valence-corrected chi connectivity index (χ4v) is 4.50. The molecule has 0 saturated heterocycles. The van der Waals surface area contributed by atoms with E-state index in [0.717, 1.165) is 32.7 Å². The number of fused-ring (bicyclic) bond motifs is 1. The second-order valence-corrected chi connectivity index (χ2v) is 9.55. The molecule has 5 aromatic rings. The van der Waals surface area contributed by atoms with Crippen molar-refractivity contribution >= 4 is 44.9 Å². The number of aromatic nitrogens is 4. The average molecular weight is 566 g/mol. The second kappa shape index (κ2) is 10.1. The van der Waals surface area contributed by atoms with E-state index in [1.165, 1.54) is 0 Å². The molecular weight excluding hydrogens is 544 g/mol. The van der Waals surface area contributed by atoms with Crippen LogP contribution >= 0.6 is 27.5 Å². The third-order valence-electron chi connectivity index (χ3n) is 5.79. The van der Waals surface area contributed by atoms with Crippen molar-refractivity contribution in [2.75, 3.05) is 5.32 Å². The Kier molecular flexibility index (Phi) is 6.75. The maximum absolute atomic E-state index is 12.5. The van der Waals surface area contributed by atoms with Crippen LogP contribution in [0.15, 0.2) is 69.8 Å². The van der Waals surface area contributed by atoms with Gasteiger partial charge in [0, 0.05) is 29.7 Å². The molecule has 1 amide bonds. The van der Waals surface area contributed by atoms with E-state index >= 15 is 0 Å². The lowest BCUT2D eigenvalue weighted by atomic mass is 10.1. The Balaban J connectivity index is 1.29. The molecule has 182 valence electrons. The number of benzene rings is 2. The number of nitrogens with one attached hydrogen (secondary N) is 2. The lowest BCUT2D eigenvalue weighted by Crippen LogP contribution is -2.23. The zero-order chi connectivity index (χ0) is 25.2. The van der Waals surface area contributed by atoms with Crippen LogP contribution in [-0.4, -0.2) is 25.7 Å². The van der Waals surface area contributed by atoms with Crippen LogP contribution in [0, 0.1) is 13.8 Å². The van der Waals surface area contributed by atoms with E-state index in [0.29, 0.717) is 40.8 Å². The number of nitrogens with zero attached hydrogens (tertiary/aromatic N) is 4. The number of halogens is 2. The summed E-state index contributed by atoms with van der Waals surface area (Å²) in [6.45, 7) is 4.46. The monoisotopic (exact) mass is 564 g/mol. The molecule has 0 aliphatic heterocycles. The third kappa shape index (κ3) is 4.84. The number of hydrogen-bond donors (Lipinski definition) is 2. The van der Waals surface area contributed by atoms with Crippen molar-refractivity contribution in [2.45, 2.75) is 26.9 Å². The van der Waals surface area contributed by atoms with Crippen LogP contribution in [0.5, 0.6) is 0 Å². The highest BCUT2D eigenvalue weighted by atomic mass is 79.9. The Labute approximate surface area is 220 Å². The summed E-state index contributed by atoms with van der Waals surface area (Å²) in [6, 6.07) is 17.6. The predicted molar refractivity (Wildman–Crippen MR) is 142 cm³/mol. The summed E-state index contributed by atoms with van der Waals surface area (Å²) < 4.78 is 7.62. The Morgan fingerprint density at radius 3 is 2.50 bits per heavy atom. The summed E-state index contributed by atoms with van der Waals surface area (Å²) in [5.74, 6) is 1.10. The van der Waals surface area contributed by atoms with Crippen molar-refractivity contribution in [1.29, 1.82) is 0 Å². The van der Waals surface area contributed by atoms with Gasteiger partial charge in [0.05, 0.1) is 22.1 Å². The highest BCUT2D eigenvalue weighted by Gasteiger charge is 2.17. The first-order valence-corrected chi connectivity index (χ1v) is 12.4. The van der Waals surface area contributed by atoms with Gasteiger partial charge in [-0.3, -0.25) is 4.79 Å². The highest BCUT2D eigenvalue weighted by molar-refractivity contribution is 9.10. The molecular formula is C26H22BrClN6O2. The topological polar surface area (TPSA) is 97.3 Å². The van der Waals surface area contributed by atoms with Gasteiger partial charge in [0.25, 0.3) is 5.91 Å². The zero-order valence-electron chi connectivity index (χ0n) is 19.5. The number of aryl methyl sites for hydroxylation is 2. The van der Waals surface area contributed by atoms with Gasteiger partial charge in [-0.15, -0.1) is 0 Å². The molecule has 2 aromatic carbocycles. The SMILES string of the molecule is Cc1noc(C)c1C(=O)NCc1ccc(CNc2cc(-c3ccccc3Cl)nc3c(Br)cnn23)cc1. The molecule has 0 bridgehead atoms. The van der Waals surface area contributed by atoms with Crippen LogP contribution in [-0.2, 0) is 13.1 Å². The van der Waals surface area contributed by atoms with Crippen LogP contribution in [0.4, 0.5) is 5.82 Å². The Morgan fingerprint density at radius 1 is 1.08 bits per heavy atom. The van der Waals surface area contributed by atoms with Crippen LogP contribution in [0.2, 0.25) is 5.02 Å². The van der Waals surface area contributed by atoms with E-state index in [-0.39, 0.29) is 5.91 Å². The Bertz CT molecular complexity index is 1540. The first-order valence-electron chi connectivity index (χ1n) is 11.2. The van der Waals surface area contributed by atoms with E-state index in [4.69, 9.17) is 21.1 Å². The molecule has 2 N–H and O–H groups in total. The van der Waals surface area contributed by atoms with Crippen LogP contribution in [0.25, 0.3) is 16.9 Å². The van der Waals surface area contributed by atoms with Crippen molar-refractivity contribution in [1.82, 2.24) is 25.1 Å². The molecule has 0 atom stereocenters. The minimum absolute atomic E-state index is 0.196. The van der Waals surface area contributed by atoms with Gasteiger partial charge < -0.3 is 15.2 Å². The fourth-order valence-electron chi connectivity index (χ4n) is 3.91. The first-order chi connectivity index (χ1) is 17.4. The molecule has 0 fully saturated rings. The number of carbonyl (C=O) groups excluding carboxylic acids is 1. The summed E-state index contributed by atoms with van der Waals surface area (Å²) >= 11 is 9.96. The molecule has 8 nitrogen and oxygen atoms in total. The molecule has 3 heterocycles. The zero-order valence-corrected chi connectivity index (χ0v) is 21.9. The lowest BCUT2D eigenvalue weighted by molar-refractivity contribution is 0.0949. The van der Waals surface area contributed by atoms with Gasteiger partial charge in [0.2, 0.25) is 0 Å². The fraction of sp³-hybridized carbons (Fsp3) is 0.154. The maximum atomic E-state index is 12.5. The lowest BCUT2D eigenvalue weighted by Gasteiger charge is -2.12. The molecule has 0 aliphatic carbocycles. The summed E-state index contributed by atoms with van der Waals surface area (Å²) in [5, 5.41) is 15.3. The Morgan fingerprint density at radius 2 is 1.81 bits per heavy atom. The quantitative estimate of drug-likeness (QED) is 0.253. The number of rotatable bonds is 7. The standard InChI is InChI=1S/C26H22BrClN6O2/c1-15-24(16(2)36-33-15)26(35)30-13-18-9-7-17(8-10-18)12-29-23-11-22(19-5-3-4-6-21(19)28)32-25-20(27)14-31-34(23)25/h3-11,14,29H,12-13H2,1-2H3,(H,30,35). The van der Waals surface area contributed by atoms with Gasteiger partial charge in [-0.1, -0.05) is 59.2 Å². The van der Waals surface area contributed by atoms with Crippen molar-refractivity contribution in [2.24, 2.45) is 0 Å². The van der Waals surface area contributed by atoms with E-state index < -0.39 is 0 Å². The van der Waals surface area contributed by atoms with Crippen molar-refractivity contribution in [3.8, 4) is 11.3 Å². The Hall–Kier alpha value is -3.69. The molecule has 0 spiro atoms. The van der Waals surface area contributed by atoms with Crippen LogP contribution in [0.1, 0.15) is 32.9 Å². The van der Waals surface area contributed by atoms with Gasteiger partial charge in [-0.05, 0) is 47.0 Å². The average Bonchev–Trinajstić information content (AvgIpc) is 3.43. The first kappa shape index (κ1) is 24.0. The van der Waals surface area contributed by atoms with Gasteiger partial charge >= 0.3 is 0 Å². The minimum Gasteiger partial charge on any atom is -0.366 e. The summed E-state index contributed by atoms with van der Waals surface area (Å²) in [6.07, 6.45) is 1.72. The molecule has 5 rings (SSSR count). The van der Waals surface area contributed by atoms with Crippen molar-refractivity contribution in [3.63, 3.8) is 0 Å². The molecule has 0 radical (unpaired) electrons. The minimum atomic E-state index is -0.196. The molecule has 0 saturated carbocycles. The van der Waals surface area contributed by atoms with Crippen molar-refractivity contribution in [3.05, 3.63) is 98.4 Å². The smallest absolute Gasteiger partial charge is 0.257 e. The predicted octanol–water partition coefficient (Wildman–Crippen LogP) is 5.96. The van der Waals surface area contributed by atoms with Gasteiger partial charge in [-0.25, -0.2) is 4.98 Å². The van der Waals surface area contributed by atoms with Crippen molar-refractivity contribution < 1.29 is 9.32 Å². The number of amides is 1. The maximum Gasteiger partial charge on any atom is 0.257 e. The van der Waals surface area contributed by atoms with E-state index in [2.05, 4.69) is 36.8 Å². The van der Waals surface area contributed by atoms with Crippen LogP contribution < -0.4 is 10.6 Å². The van der Waals surface area contributed by atoms with E-state index in [1.54, 1.807) is 24.6 Å². The van der Waals surface area contributed by atoms with E-state index in [9.17, 15) is 4.79 Å². The summed E-state index contributed by atoms with van der Waals surface area (Å²) in [5.41, 5.74) is 5.43. The normalized spacial score (nSPS) is 11.1. The largest absolute Gasteiger partial charge is 0.366 e. The molecule has 0 unspecified atom stereocenters.